The second kappa shape index (κ2) is 5.78. The number of amides is 1. The maximum atomic E-state index is 11.9. The van der Waals surface area contributed by atoms with Gasteiger partial charge in [-0.15, -0.1) is 0 Å². The number of nitrogens with zero attached hydrogens (tertiary/aromatic N) is 2. The third-order valence-electron chi connectivity index (χ3n) is 1.74. The summed E-state index contributed by atoms with van der Waals surface area (Å²) in [5, 5.41) is 0.728. The number of methoxy groups -OCH3 is 1. The lowest BCUT2D eigenvalue weighted by Gasteiger charge is -2.16. The lowest BCUT2D eigenvalue weighted by molar-refractivity contribution is -0.299. The molecule has 0 saturated heterocycles. The summed E-state index contributed by atoms with van der Waals surface area (Å²) in [6, 6.07) is 1.57. The summed E-state index contributed by atoms with van der Waals surface area (Å²) in [7, 11) is 4.07. The number of ether oxygens (including phenoxy) is 1. The van der Waals surface area contributed by atoms with Crippen LogP contribution in [0.2, 0.25) is 0 Å². The number of carbonyl (C=O) groups excluding carboxylic acids is 1. The van der Waals surface area contributed by atoms with Crippen LogP contribution < -0.4 is 4.74 Å². The van der Waals surface area contributed by atoms with Crippen LogP contribution in [-0.4, -0.2) is 37.4 Å². The van der Waals surface area contributed by atoms with Crippen LogP contribution in [0.4, 0.5) is 0 Å². The molecule has 0 fully saturated rings. The van der Waals surface area contributed by atoms with Crippen LogP contribution >= 0.6 is 15.9 Å². The van der Waals surface area contributed by atoms with Crippen molar-refractivity contribution in [3.05, 3.63) is 22.3 Å². The number of hydroxylamine groups is 2. The predicted octanol–water partition coefficient (Wildman–Crippen LogP) is 1.42. The van der Waals surface area contributed by atoms with Gasteiger partial charge in [-0.2, -0.15) is 0 Å². The number of halogens is 1. The van der Waals surface area contributed by atoms with Crippen molar-refractivity contribution in [2.24, 2.45) is 0 Å². The molecule has 0 aliphatic heterocycles. The molecule has 6 nitrogen and oxygen atoms in total. The minimum atomic E-state index is -0.504. The van der Waals surface area contributed by atoms with E-state index in [1.54, 1.807) is 6.07 Å². The molecule has 0 aliphatic carbocycles. The molecule has 1 aromatic rings. The lowest BCUT2D eigenvalue weighted by atomic mass is 10.2. The highest BCUT2D eigenvalue weighted by Crippen LogP contribution is 2.21. The van der Waals surface area contributed by atoms with Gasteiger partial charge in [-0.3, -0.25) is 4.79 Å². The number of aromatic nitrogens is 1. The average molecular weight is 291 g/mol. The summed E-state index contributed by atoms with van der Waals surface area (Å²) in [4.78, 5) is 25.3. The van der Waals surface area contributed by atoms with Gasteiger partial charge in [-0.05, 0) is 22.0 Å². The minimum Gasteiger partial charge on any atom is -0.480 e. The smallest absolute Gasteiger partial charge is 0.309 e. The SMILES string of the molecule is COc1ncc(Br)cc1C(=O)N(OC)OC. The van der Waals surface area contributed by atoms with Gasteiger partial charge in [0.05, 0.1) is 21.3 Å². The first-order chi connectivity index (χ1) is 7.63. The Morgan fingerprint density at radius 3 is 2.50 bits per heavy atom. The summed E-state index contributed by atoms with van der Waals surface area (Å²) in [5.74, 6) is -0.303. The van der Waals surface area contributed by atoms with Crippen LogP contribution in [-0.2, 0) is 9.68 Å². The first kappa shape index (κ1) is 12.9. The first-order valence-electron chi connectivity index (χ1n) is 4.26. The van der Waals surface area contributed by atoms with Crippen molar-refractivity contribution in [3.8, 4) is 5.88 Å². The van der Waals surface area contributed by atoms with Crippen molar-refractivity contribution in [2.45, 2.75) is 0 Å². The maximum Gasteiger partial charge on any atom is 0.309 e. The van der Waals surface area contributed by atoms with E-state index in [2.05, 4.69) is 20.9 Å². The predicted molar refractivity (Wildman–Crippen MR) is 58.7 cm³/mol. The Balaban J connectivity index is 3.10. The molecule has 0 unspecified atom stereocenters. The highest BCUT2D eigenvalue weighted by atomic mass is 79.9. The zero-order valence-electron chi connectivity index (χ0n) is 9.06. The molecular formula is C9H11BrN2O4. The van der Waals surface area contributed by atoms with Crippen molar-refractivity contribution in [1.29, 1.82) is 0 Å². The molecule has 0 radical (unpaired) electrons. The van der Waals surface area contributed by atoms with Crippen molar-refractivity contribution in [3.63, 3.8) is 0 Å². The molecule has 88 valence electrons. The summed E-state index contributed by atoms with van der Waals surface area (Å²) in [6.45, 7) is 0. The van der Waals surface area contributed by atoms with Crippen LogP contribution in [0.3, 0.4) is 0 Å². The fourth-order valence-corrected chi connectivity index (χ4v) is 1.41. The number of carbonyl (C=O) groups is 1. The lowest BCUT2D eigenvalue weighted by Crippen LogP contribution is -2.29. The Labute approximate surface area is 101 Å². The summed E-state index contributed by atoms with van der Waals surface area (Å²) >= 11 is 3.22. The van der Waals surface area contributed by atoms with Crippen LogP contribution in [0.15, 0.2) is 16.7 Å². The molecule has 0 spiro atoms. The Morgan fingerprint density at radius 2 is 2.00 bits per heavy atom. The molecule has 0 N–H and O–H groups in total. The number of hydrogen-bond donors (Lipinski definition) is 0. The normalized spacial score (nSPS) is 10.0. The zero-order chi connectivity index (χ0) is 12.1. The summed E-state index contributed by atoms with van der Waals surface area (Å²) < 4.78 is 5.63. The van der Waals surface area contributed by atoms with E-state index in [1.807, 2.05) is 0 Å². The Morgan fingerprint density at radius 1 is 1.38 bits per heavy atom. The van der Waals surface area contributed by atoms with E-state index >= 15 is 0 Å². The van der Waals surface area contributed by atoms with Gasteiger partial charge in [-0.25, -0.2) is 14.7 Å². The number of pyridine rings is 1. The van der Waals surface area contributed by atoms with Gasteiger partial charge in [0.1, 0.15) is 5.56 Å². The van der Waals surface area contributed by atoms with Gasteiger partial charge < -0.3 is 4.74 Å². The third-order valence-corrected chi connectivity index (χ3v) is 2.17. The minimum absolute atomic E-state index is 0.201. The third kappa shape index (κ3) is 2.69. The average Bonchev–Trinajstić information content (AvgIpc) is 2.30. The molecule has 0 atom stereocenters. The summed E-state index contributed by atoms with van der Waals surface area (Å²) in [6.07, 6.45) is 1.53. The number of rotatable bonds is 4. The van der Waals surface area contributed by atoms with Gasteiger partial charge in [0, 0.05) is 10.7 Å². The highest BCUT2D eigenvalue weighted by molar-refractivity contribution is 9.10. The molecule has 16 heavy (non-hydrogen) atoms. The van der Waals surface area contributed by atoms with E-state index in [-0.39, 0.29) is 11.4 Å². The van der Waals surface area contributed by atoms with E-state index in [9.17, 15) is 4.79 Å². The molecule has 0 saturated carbocycles. The van der Waals surface area contributed by atoms with Crippen molar-refractivity contribution >= 4 is 21.8 Å². The van der Waals surface area contributed by atoms with Gasteiger partial charge in [-0.1, -0.05) is 5.23 Å². The molecule has 1 aromatic heterocycles. The highest BCUT2D eigenvalue weighted by Gasteiger charge is 2.21. The van der Waals surface area contributed by atoms with Crippen molar-refractivity contribution in [1.82, 2.24) is 10.2 Å². The van der Waals surface area contributed by atoms with Crippen molar-refractivity contribution in [2.75, 3.05) is 21.3 Å². The van der Waals surface area contributed by atoms with Gasteiger partial charge >= 0.3 is 5.91 Å². The maximum absolute atomic E-state index is 11.9. The Kier molecular flexibility index (Phi) is 4.66. The largest absolute Gasteiger partial charge is 0.480 e. The second-order valence-corrected chi connectivity index (χ2v) is 3.55. The molecule has 1 amide bonds. The standard InChI is InChI=1S/C9H11BrN2O4/c1-14-8-7(4-6(10)5-11-8)9(13)12(15-2)16-3/h4-5H,1-3H3. The van der Waals surface area contributed by atoms with E-state index in [0.717, 1.165) is 5.23 Å². The first-order valence-corrected chi connectivity index (χ1v) is 5.05. The van der Waals surface area contributed by atoms with E-state index in [1.165, 1.54) is 27.5 Å². The van der Waals surface area contributed by atoms with Crippen molar-refractivity contribution < 1.29 is 19.2 Å². The Hall–Kier alpha value is -1.18. The molecule has 1 rings (SSSR count). The van der Waals surface area contributed by atoms with E-state index in [4.69, 9.17) is 14.4 Å². The van der Waals surface area contributed by atoms with Gasteiger partial charge in [0.15, 0.2) is 0 Å². The van der Waals surface area contributed by atoms with Gasteiger partial charge in [0.25, 0.3) is 0 Å². The monoisotopic (exact) mass is 290 g/mol. The molecule has 0 bridgehead atoms. The fraction of sp³-hybridized carbons (Fsp3) is 0.333. The fourth-order valence-electron chi connectivity index (χ4n) is 1.08. The zero-order valence-corrected chi connectivity index (χ0v) is 10.6. The quantitative estimate of drug-likeness (QED) is 0.785. The molecule has 7 heteroatoms. The molecule has 1 heterocycles. The van der Waals surface area contributed by atoms with E-state index in [0.29, 0.717) is 4.47 Å². The van der Waals surface area contributed by atoms with Crippen LogP contribution in [0.1, 0.15) is 10.4 Å². The molecule has 0 aromatic carbocycles. The molecule has 0 aliphatic rings. The van der Waals surface area contributed by atoms with Crippen LogP contribution in [0.5, 0.6) is 5.88 Å². The Bertz CT molecular complexity index is 382. The van der Waals surface area contributed by atoms with Crippen LogP contribution in [0, 0.1) is 0 Å². The number of hydrogen-bond acceptors (Lipinski definition) is 5. The van der Waals surface area contributed by atoms with E-state index < -0.39 is 5.91 Å². The van der Waals surface area contributed by atoms with Gasteiger partial charge in [0.2, 0.25) is 5.88 Å². The van der Waals surface area contributed by atoms with Crippen LogP contribution in [0.25, 0.3) is 0 Å². The summed E-state index contributed by atoms with van der Waals surface area (Å²) in [5.41, 5.74) is 0.237. The second-order valence-electron chi connectivity index (χ2n) is 2.64. The topological polar surface area (TPSA) is 60.9 Å². The molecular weight excluding hydrogens is 280 g/mol.